The van der Waals surface area contributed by atoms with Crippen molar-refractivity contribution in [3.8, 4) is 0 Å². The van der Waals surface area contributed by atoms with Crippen molar-refractivity contribution in [2.24, 2.45) is 23.7 Å². The van der Waals surface area contributed by atoms with Crippen molar-refractivity contribution in [2.45, 2.75) is 35.5 Å². The molecule has 0 aromatic heterocycles. The molecule has 1 N–H and O–H groups in total. The lowest BCUT2D eigenvalue weighted by molar-refractivity contribution is -0.147. The molecule has 0 unspecified atom stereocenters. The number of fused-ring (bicyclic) bond motifs is 5. The quantitative estimate of drug-likeness (QED) is 0.326. The number of carbonyl (C=O) groups excluding carboxylic acids is 3. The summed E-state index contributed by atoms with van der Waals surface area (Å²) < 4.78 is 0.729. The molecule has 0 spiro atoms. The smallest absolute Gasteiger partial charge is 0.248 e. The van der Waals surface area contributed by atoms with E-state index in [1.54, 1.807) is 12.1 Å². The molecule has 34 heavy (non-hydrogen) atoms. The van der Waals surface area contributed by atoms with E-state index in [1.807, 2.05) is 37.3 Å². The normalized spacial score (nSPS) is 30.6. The molecule has 1 saturated heterocycles. The molecule has 2 aromatic rings. The van der Waals surface area contributed by atoms with Crippen LogP contribution in [0.5, 0.6) is 0 Å². The minimum absolute atomic E-state index is 0.0915. The van der Waals surface area contributed by atoms with Gasteiger partial charge in [0.15, 0.2) is 0 Å². The summed E-state index contributed by atoms with van der Waals surface area (Å²) in [5.41, 5.74) is 2.14. The van der Waals surface area contributed by atoms with Crippen molar-refractivity contribution in [3.05, 3.63) is 63.1 Å². The Morgan fingerprint density at radius 3 is 2.24 bits per heavy atom. The van der Waals surface area contributed by atoms with Crippen molar-refractivity contribution in [1.82, 2.24) is 4.90 Å². The Morgan fingerprint density at radius 1 is 1.06 bits per heavy atom. The van der Waals surface area contributed by atoms with Gasteiger partial charge in [0, 0.05) is 26.2 Å². The first kappa shape index (κ1) is 24.5. The lowest BCUT2D eigenvalue weighted by atomic mass is 9.81. The van der Waals surface area contributed by atoms with E-state index in [2.05, 4.69) is 53.1 Å². The molecule has 2 bridgehead atoms. The third-order valence-electron chi connectivity index (χ3n) is 7.50. The van der Waals surface area contributed by atoms with Crippen molar-refractivity contribution >= 4 is 82.8 Å². The van der Waals surface area contributed by atoms with Gasteiger partial charge in [-0.2, -0.15) is 0 Å². The molecule has 5 rings (SSSR count). The molecule has 0 radical (unpaired) electrons. The number of hydrogen-bond donors (Lipinski definition) is 1. The van der Waals surface area contributed by atoms with Gasteiger partial charge in [-0.3, -0.25) is 19.3 Å². The summed E-state index contributed by atoms with van der Waals surface area (Å²) in [7, 11) is 0. The van der Waals surface area contributed by atoms with E-state index in [-0.39, 0.29) is 51.6 Å². The van der Waals surface area contributed by atoms with E-state index in [0.717, 1.165) is 16.5 Å². The predicted octanol–water partition coefficient (Wildman–Crippen LogP) is 5.74. The van der Waals surface area contributed by atoms with Crippen LogP contribution < -0.4 is 5.32 Å². The fourth-order valence-electron chi connectivity index (χ4n) is 5.82. The fourth-order valence-corrected chi connectivity index (χ4v) is 8.29. The Kier molecular flexibility index (Phi) is 6.72. The summed E-state index contributed by atoms with van der Waals surface area (Å²) in [5, 5.41) is 3.43. The summed E-state index contributed by atoms with van der Waals surface area (Å²) in [6.45, 7) is 1.81. The number of halogens is 4. The molecular weight excluding hydrogens is 651 g/mol. The molecular formula is C25H22Br3ClN2O3. The van der Waals surface area contributed by atoms with Gasteiger partial charge in [-0.05, 0) is 64.4 Å². The van der Waals surface area contributed by atoms with Crippen molar-refractivity contribution < 1.29 is 14.4 Å². The molecule has 178 valence electrons. The number of hydrogen-bond acceptors (Lipinski definition) is 3. The number of benzene rings is 2. The second-order valence-corrected chi connectivity index (χ2v) is 12.6. The van der Waals surface area contributed by atoms with E-state index in [0.29, 0.717) is 16.3 Å². The average Bonchev–Trinajstić information content (AvgIpc) is 3.43. The van der Waals surface area contributed by atoms with Gasteiger partial charge in [-0.1, -0.05) is 73.8 Å². The zero-order valence-electron chi connectivity index (χ0n) is 18.2. The highest BCUT2D eigenvalue weighted by atomic mass is 79.9. The van der Waals surface area contributed by atoms with Gasteiger partial charge in [0.05, 0.1) is 16.9 Å². The minimum Gasteiger partial charge on any atom is -0.324 e. The Morgan fingerprint density at radius 2 is 1.65 bits per heavy atom. The van der Waals surface area contributed by atoms with Crippen LogP contribution in [0, 0.1) is 30.6 Å². The van der Waals surface area contributed by atoms with Gasteiger partial charge < -0.3 is 5.32 Å². The van der Waals surface area contributed by atoms with Crippen LogP contribution in [-0.2, 0) is 20.8 Å². The van der Waals surface area contributed by atoms with Crippen LogP contribution in [0.2, 0.25) is 5.02 Å². The molecule has 5 nitrogen and oxygen atoms in total. The third kappa shape index (κ3) is 3.89. The molecule has 3 aliphatic rings. The van der Waals surface area contributed by atoms with Crippen LogP contribution in [0.4, 0.5) is 5.69 Å². The minimum atomic E-state index is -0.947. The number of imide groups is 1. The molecule has 3 fully saturated rings. The topological polar surface area (TPSA) is 66.5 Å². The number of alkyl halides is 2. The number of amides is 3. The maximum absolute atomic E-state index is 13.7. The van der Waals surface area contributed by atoms with Crippen LogP contribution in [0.15, 0.2) is 46.9 Å². The lowest BCUT2D eigenvalue weighted by Crippen LogP contribution is -2.49. The zero-order chi connectivity index (χ0) is 24.3. The van der Waals surface area contributed by atoms with Gasteiger partial charge in [-0.15, -0.1) is 0 Å². The summed E-state index contributed by atoms with van der Waals surface area (Å²) in [4.78, 5) is 42.5. The summed E-state index contributed by atoms with van der Waals surface area (Å²) >= 11 is 17.2. The first-order valence-electron chi connectivity index (χ1n) is 11.1. The fraction of sp³-hybridized carbons (Fsp3) is 0.400. The maximum atomic E-state index is 13.7. The standard InChI is InChI=1S/C25H22Br3ClN2O3/c1-11-16(8-7-15(26)22(11)29)30-23(32)17(9-12-5-3-2-4-6-12)31-24(33)18-13-10-14(19(18)25(31)34)21(28)20(13)27/h2-8,13-14,17-21H,9-10H2,1H3,(H,30,32)/t13-,14-,17+,18-,19-,20+,21+/m1/s1. The Balaban J connectivity index is 1.48. The average molecular weight is 674 g/mol. The highest BCUT2D eigenvalue weighted by Crippen LogP contribution is 2.60. The van der Waals surface area contributed by atoms with E-state index in [1.165, 1.54) is 4.90 Å². The summed E-state index contributed by atoms with van der Waals surface area (Å²) in [6, 6.07) is 12.0. The van der Waals surface area contributed by atoms with E-state index >= 15 is 0 Å². The molecule has 3 amide bonds. The van der Waals surface area contributed by atoms with Crippen molar-refractivity contribution in [2.75, 3.05) is 5.32 Å². The zero-order valence-corrected chi connectivity index (χ0v) is 23.7. The largest absolute Gasteiger partial charge is 0.324 e. The second-order valence-electron chi connectivity index (χ2n) is 9.28. The third-order valence-corrected chi connectivity index (χ3v) is 12.1. The monoisotopic (exact) mass is 670 g/mol. The van der Waals surface area contributed by atoms with Crippen LogP contribution in [0.1, 0.15) is 17.5 Å². The highest BCUT2D eigenvalue weighted by molar-refractivity contribution is 9.12. The first-order valence-corrected chi connectivity index (χ1v) is 14.2. The molecule has 1 heterocycles. The van der Waals surface area contributed by atoms with Crippen molar-refractivity contribution in [3.63, 3.8) is 0 Å². The Hall–Kier alpha value is -1.22. The van der Waals surface area contributed by atoms with E-state index in [9.17, 15) is 14.4 Å². The van der Waals surface area contributed by atoms with Crippen LogP contribution in [-0.4, -0.2) is 38.3 Å². The van der Waals surface area contributed by atoms with E-state index in [4.69, 9.17) is 11.6 Å². The number of rotatable bonds is 5. The number of likely N-dealkylation sites (tertiary alicyclic amines) is 1. The van der Waals surface area contributed by atoms with E-state index < -0.39 is 11.9 Å². The SMILES string of the molecule is Cc1c(NC(=O)[C@H](Cc2ccccc2)N2C(=O)[C@@H]3[C@H]4C[C@@H]([C@H](Br)[C@H]4Br)[C@H]3C2=O)ccc(Br)c1Cl. The maximum Gasteiger partial charge on any atom is 0.248 e. The van der Waals surface area contributed by atoms with Crippen molar-refractivity contribution in [1.29, 1.82) is 0 Å². The Labute approximate surface area is 228 Å². The highest BCUT2D eigenvalue weighted by Gasteiger charge is 2.67. The van der Waals surface area contributed by atoms with Crippen LogP contribution >= 0.6 is 59.4 Å². The van der Waals surface area contributed by atoms with Gasteiger partial charge >= 0.3 is 0 Å². The molecule has 9 heteroatoms. The predicted molar refractivity (Wildman–Crippen MR) is 142 cm³/mol. The Bertz CT molecular complexity index is 1150. The molecule has 2 saturated carbocycles. The second kappa shape index (κ2) is 9.34. The van der Waals surface area contributed by atoms with Crippen LogP contribution in [0.25, 0.3) is 0 Å². The van der Waals surface area contributed by atoms with Gasteiger partial charge in [0.1, 0.15) is 6.04 Å². The van der Waals surface area contributed by atoms with Gasteiger partial charge in [0.2, 0.25) is 17.7 Å². The number of carbonyl (C=O) groups is 3. The molecule has 1 aliphatic heterocycles. The van der Waals surface area contributed by atoms with Gasteiger partial charge in [0.25, 0.3) is 0 Å². The number of nitrogens with zero attached hydrogens (tertiary/aromatic N) is 1. The first-order chi connectivity index (χ1) is 16.2. The summed E-state index contributed by atoms with van der Waals surface area (Å²) in [6.07, 6.45) is 1.09. The molecule has 7 atom stereocenters. The number of nitrogens with one attached hydrogen (secondary N) is 1. The van der Waals surface area contributed by atoms with Gasteiger partial charge in [-0.25, -0.2) is 0 Å². The summed E-state index contributed by atoms with van der Waals surface area (Å²) in [5.74, 6) is -1.41. The number of anilines is 1. The molecule has 2 aromatic carbocycles. The molecule has 2 aliphatic carbocycles. The lowest BCUT2D eigenvalue weighted by Gasteiger charge is -2.28. The van der Waals surface area contributed by atoms with Crippen LogP contribution in [0.3, 0.4) is 0 Å².